The molecule has 14 heavy (non-hydrogen) atoms. The van der Waals surface area contributed by atoms with Gasteiger partial charge in [0, 0.05) is 0 Å². The van der Waals surface area contributed by atoms with E-state index in [0.29, 0.717) is 0 Å². The molecule has 0 N–H and O–H groups in total. The third-order valence-electron chi connectivity index (χ3n) is 1.90. The fraction of sp³-hybridized carbons (Fsp3) is 0.273. The summed E-state index contributed by atoms with van der Waals surface area (Å²) in [6, 6.07) is 4.99. The minimum absolute atomic E-state index is 0.284. The maximum atomic E-state index is 13.2. The van der Waals surface area contributed by atoms with Crippen LogP contribution in [0.1, 0.15) is 12.0 Å². The van der Waals surface area contributed by atoms with E-state index in [1.54, 1.807) is 6.07 Å². The molecule has 0 saturated carbocycles. The average molecular weight is 259 g/mol. The highest BCUT2D eigenvalue weighted by Crippen LogP contribution is 2.20. The fourth-order valence-corrected chi connectivity index (χ4v) is 1.34. The van der Waals surface area contributed by atoms with Gasteiger partial charge in [0.1, 0.15) is 0 Å². The Labute approximate surface area is 91.7 Å². The molecular weight excluding hydrogens is 247 g/mol. The van der Waals surface area contributed by atoms with Crippen LogP contribution in [0.5, 0.6) is 5.75 Å². The number of hydrogen-bond acceptors (Lipinski definition) is 1. The summed E-state index contributed by atoms with van der Waals surface area (Å²) in [7, 11) is 1.46. The van der Waals surface area contributed by atoms with Crippen molar-refractivity contribution in [3.05, 3.63) is 40.6 Å². The monoisotopic (exact) mass is 258 g/mol. The molecule has 1 nitrogen and oxygen atoms in total. The van der Waals surface area contributed by atoms with Crippen molar-refractivity contribution < 1.29 is 9.13 Å². The molecule has 0 aliphatic rings. The number of halogens is 2. The Balaban J connectivity index is 2.71. The van der Waals surface area contributed by atoms with Gasteiger partial charge in [-0.05, 0) is 35.0 Å². The maximum absolute atomic E-state index is 13.2. The topological polar surface area (TPSA) is 9.23 Å². The van der Waals surface area contributed by atoms with Crippen molar-refractivity contribution in [1.82, 2.24) is 0 Å². The van der Waals surface area contributed by atoms with Crippen molar-refractivity contribution in [2.45, 2.75) is 12.8 Å². The summed E-state index contributed by atoms with van der Waals surface area (Å²) < 4.78 is 19.0. The Kier molecular flexibility index (Phi) is 4.14. The van der Waals surface area contributed by atoms with Gasteiger partial charge in [0.05, 0.1) is 7.11 Å². The lowest BCUT2D eigenvalue weighted by Crippen LogP contribution is -1.91. The van der Waals surface area contributed by atoms with E-state index in [0.717, 1.165) is 22.9 Å². The first-order chi connectivity index (χ1) is 6.63. The summed E-state index contributed by atoms with van der Waals surface area (Å²) >= 11 is 3.27. The van der Waals surface area contributed by atoms with Gasteiger partial charge in [-0.3, -0.25) is 0 Å². The molecule has 0 radical (unpaired) electrons. The van der Waals surface area contributed by atoms with Crippen LogP contribution in [-0.4, -0.2) is 7.11 Å². The van der Waals surface area contributed by atoms with Gasteiger partial charge >= 0.3 is 0 Å². The van der Waals surface area contributed by atoms with E-state index in [9.17, 15) is 4.39 Å². The molecule has 1 aromatic carbocycles. The van der Waals surface area contributed by atoms with Crippen molar-refractivity contribution in [2.75, 3.05) is 7.11 Å². The van der Waals surface area contributed by atoms with Crippen molar-refractivity contribution in [2.24, 2.45) is 0 Å². The van der Waals surface area contributed by atoms with Crippen molar-refractivity contribution >= 4 is 15.9 Å². The number of benzene rings is 1. The minimum Gasteiger partial charge on any atom is -0.494 e. The van der Waals surface area contributed by atoms with E-state index in [1.807, 2.05) is 6.07 Å². The SMILES string of the molecule is C=C(Br)CCc1ccc(OC)c(F)c1. The number of ether oxygens (including phenoxy) is 1. The zero-order valence-electron chi connectivity index (χ0n) is 8.02. The van der Waals surface area contributed by atoms with Gasteiger partial charge in [0.25, 0.3) is 0 Å². The van der Waals surface area contributed by atoms with Crippen LogP contribution in [0.25, 0.3) is 0 Å². The smallest absolute Gasteiger partial charge is 0.165 e. The molecule has 0 fully saturated rings. The van der Waals surface area contributed by atoms with Gasteiger partial charge in [-0.25, -0.2) is 4.39 Å². The Morgan fingerprint density at radius 3 is 2.79 bits per heavy atom. The average Bonchev–Trinajstić information content (AvgIpc) is 2.15. The third-order valence-corrected chi connectivity index (χ3v) is 2.30. The second-order valence-corrected chi connectivity index (χ2v) is 4.11. The first-order valence-corrected chi connectivity index (χ1v) is 5.08. The predicted octanol–water partition coefficient (Wildman–Crippen LogP) is 3.68. The standard InChI is InChI=1S/C11H12BrFO/c1-8(12)3-4-9-5-6-11(14-2)10(13)7-9/h5-7H,1,3-4H2,2H3. The van der Waals surface area contributed by atoms with Crippen LogP contribution >= 0.6 is 15.9 Å². The molecule has 0 heterocycles. The van der Waals surface area contributed by atoms with Gasteiger partial charge in [-0.2, -0.15) is 0 Å². The van der Waals surface area contributed by atoms with E-state index in [1.165, 1.54) is 13.2 Å². The third kappa shape index (κ3) is 3.14. The molecule has 0 aliphatic heterocycles. The summed E-state index contributed by atoms with van der Waals surface area (Å²) in [6.45, 7) is 3.72. The second kappa shape index (κ2) is 5.15. The van der Waals surface area contributed by atoms with Crippen LogP contribution in [0.3, 0.4) is 0 Å². The highest BCUT2D eigenvalue weighted by molar-refractivity contribution is 9.11. The molecule has 0 amide bonds. The van der Waals surface area contributed by atoms with E-state index in [-0.39, 0.29) is 11.6 Å². The molecule has 0 spiro atoms. The number of allylic oxidation sites excluding steroid dienone is 1. The molecular formula is C11H12BrFO. The van der Waals surface area contributed by atoms with Crippen LogP contribution in [0.2, 0.25) is 0 Å². The summed E-state index contributed by atoms with van der Waals surface area (Å²) in [5.41, 5.74) is 0.948. The number of rotatable bonds is 4. The molecule has 0 atom stereocenters. The molecule has 3 heteroatoms. The maximum Gasteiger partial charge on any atom is 0.165 e. The normalized spacial score (nSPS) is 9.93. The highest BCUT2D eigenvalue weighted by Gasteiger charge is 2.03. The molecule has 0 aliphatic carbocycles. The van der Waals surface area contributed by atoms with Crippen molar-refractivity contribution in [1.29, 1.82) is 0 Å². The second-order valence-electron chi connectivity index (χ2n) is 2.99. The Hall–Kier alpha value is -0.830. The Bertz CT molecular complexity index is 336. The lowest BCUT2D eigenvalue weighted by atomic mass is 10.1. The van der Waals surface area contributed by atoms with E-state index < -0.39 is 0 Å². The van der Waals surface area contributed by atoms with Crippen LogP contribution in [-0.2, 0) is 6.42 Å². The lowest BCUT2D eigenvalue weighted by Gasteiger charge is -2.04. The summed E-state index contributed by atoms with van der Waals surface area (Å²) in [6.07, 6.45) is 1.59. The van der Waals surface area contributed by atoms with Crippen LogP contribution in [0, 0.1) is 5.82 Å². The number of aryl methyl sites for hydroxylation is 1. The molecule has 0 saturated heterocycles. The summed E-state index contributed by atoms with van der Waals surface area (Å²) in [5, 5.41) is 0. The van der Waals surface area contributed by atoms with Gasteiger partial charge in [-0.1, -0.05) is 28.6 Å². The summed E-state index contributed by atoms with van der Waals surface area (Å²) in [4.78, 5) is 0. The van der Waals surface area contributed by atoms with Gasteiger partial charge in [0.15, 0.2) is 11.6 Å². The molecule has 0 unspecified atom stereocenters. The molecule has 1 aromatic rings. The molecule has 0 bridgehead atoms. The quantitative estimate of drug-likeness (QED) is 0.801. The van der Waals surface area contributed by atoms with E-state index in [2.05, 4.69) is 22.5 Å². The number of hydrogen-bond donors (Lipinski definition) is 0. The van der Waals surface area contributed by atoms with Crippen LogP contribution < -0.4 is 4.74 Å². The van der Waals surface area contributed by atoms with Crippen molar-refractivity contribution in [3.63, 3.8) is 0 Å². The Morgan fingerprint density at radius 1 is 1.57 bits per heavy atom. The minimum atomic E-state index is -0.315. The van der Waals surface area contributed by atoms with Crippen LogP contribution in [0.15, 0.2) is 29.3 Å². The Morgan fingerprint density at radius 2 is 2.29 bits per heavy atom. The van der Waals surface area contributed by atoms with Crippen molar-refractivity contribution in [3.8, 4) is 5.75 Å². The molecule has 76 valence electrons. The fourth-order valence-electron chi connectivity index (χ4n) is 1.15. The first kappa shape index (κ1) is 11.2. The summed E-state index contributed by atoms with van der Waals surface area (Å²) in [5.74, 6) is -0.0309. The van der Waals surface area contributed by atoms with Crippen LogP contribution in [0.4, 0.5) is 4.39 Å². The zero-order valence-corrected chi connectivity index (χ0v) is 9.60. The van der Waals surface area contributed by atoms with Gasteiger partial charge in [0.2, 0.25) is 0 Å². The van der Waals surface area contributed by atoms with Gasteiger partial charge in [-0.15, -0.1) is 0 Å². The van der Waals surface area contributed by atoms with E-state index >= 15 is 0 Å². The predicted molar refractivity (Wildman–Crippen MR) is 59.3 cm³/mol. The first-order valence-electron chi connectivity index (χ1n) is 4.29. The zero-order chi connectivity index (χ0) is 10.6. The highest BCUT2D eigenvalue weighted by atomic mass is 79.9. The van der Waals surface area contributed by atoms with Gasteiger partial charge < -0.3 is 4.74 Å². The largest absolute Gasteiger partial charge is 0.494 e. The lowest BCUT2D eigenvalue weighted by molar-refractivity contribution is 0.386. The van der Waals surface area contributed by atoms with E-state index in [4.69, 9.17) is 4.74 Å². The molecule has 1 rings (SSSR count). The molecule has 0 aromatic heterocycles. The number of methoxy groups -OCH3 is 1.